The van der Waals surface area contributed by atoms with Gasteiger partial charge in [0, 0.05) is 7.05 Å². The van der Waals surface area contributed by atoms with E-state index in [1.54, 1.807) is 24.3 Å². The number of primary amides is 1. The molecule has 0 heterocycles. The summed E-state index contributed by atoms with van der Waals surface area (Å²) in [6.07, 6.45) is 0. The van der Waals surface area contributed by atoms with Crippen LogP contribution in [0.4, 0.5) is 5.69 Å². The van der Waals surface area contributed by atoms with Gasteiger partial charge >= 0.3 is 0 Å². The van der Waals surface area contributed by atoms with Gasteiger partial charge in [0.1, 0.15) is 12.4 Å². The standard InChI is InChI=1S/C11H17N3O4S/c1-14(8-11(13)15)19(16,17)7-6-18-10-5-3-2-4-9(10)12/h2-5H,6-8,12H2,1H3,(H2,13,15). The fourth-order valence-electron chi connectivity index (χ4n) is 1.34. The molecule has 0 atom stereocenters. The Labute approximate surface area is 112 Å². The molecule has 1 aromatic carbocycles. The molecule has 1 aromatic rings. The number of nitrogen functional groups attached to an aromatic ring is 1. The average Bonchev–Trinajstić information content (AvgIpc) is 2.30. The largest absolute Gasteiger partial charge is 0.490 e. The third-order valence-corrected chi connectivity index (χ3v) is 4.13. The fourth-order valence-corrected chi connectivity index (χ4v) is 2.27. The number of nitrogens with two attached hydrogens (primary N) is 2. The molecule has 1 amide bonds. The van der Waals surface area contributed by atoms with Crippen LogP contribution in [0.25, 0.3) is 0 Å². The Bertz CT molecular complexity index is 545. The van der Waals surface area contributed by atoms with E-state index >= 15 is 0 Å². The zero-order chi connectivity index (χ0) is 14.5. The summed E-state index contributed by atoms with van der Waals surface area (Å²) in [5.41, 5.74) is 11.0. The predicted molar refractivity (Wildman–Crippen MR) is 72.0 cm³/mol. The maximum atomic E-state index is 11.7. The lowest BCUT2D eigenvalue weighted by atomic mass is 10.3. The first-order valence-electron chi connectivity index (χ1n) is 5.52. The van der Waals surface area contributed by atoms with Gasteiger partial charge in [-0.3, -0.25) is 4.79 Å². The molecular formula is C11H17N3O4S. The second-order valence-electron chi connectivity index (χ2n) is 3.92. The second kappa shape index (κ2) is 6.39. The van der Waals surface area contributed by atoms with Crippen molar-refractivity contribution in [1.82, 2.24) is 4.31 Å². The van der Waals surface area contributed by atoms with Crippen LogP contribution in [0, 0.1) is 0 Å². The molecule has 4 N–H and O–H groups in total. The van der Waals surface area contributed by atoms with Crippen molar-refractivity contribution in [2.24, 2.45) is 5.73 Å². The molecule has 0 saturated heterocycles. The lowest BCUT2D eigenvalue weighted by Gasteiger charge is -2.15. The molecule has 0 aliphatic heterocycles. The minimum absolute atomic E-state index is 0.0559. The average molecular weight is 287 g/mol. The van der Waals surface area contributed by atoms with Crippen LogP contribution >= 0.6 is 0 Å². The Kier molecular flexibility index (Phi) is 5.13. The number of hydrogen-bond acceptors (Lipinski definition) is 5. The van der Waals surface area contributed by atoms with E-state index in [0.717, 1.165) is 4.31 Å². The fraction of sp³-hybridized carbons (Fsp3) is 0.364. The monoisotopic (exact) mass is 287 g/mol. The van der Waals surface area contributed by atoms with Crippen molar-refractivity contribution in [2.45, 2.75) is 0 Å². The number of rotatable bonds is 7. The third-order valence-electron chi connectivity index (χ3n) is 2.37. The Morgan fingerprint density at radius 1 is 1.37 bits per heavy atom. The van der Waals surface area contributed by atoms with Crippen molar-refractivity contribution in [1.29, 1.82) is 0 Å². The van der Waals surface area contributed by atoms with Crippen LogP contribution < -0.4 is 16.2 Å². The first-order valence-corrected chi connectivity index (χ1v) is 7.13. The van der Waals surface area contributed by atoms with Crippen LogP contribution in [0.1, 0.15) is 0 Å². The number of sulfonamides is 1. The molecule has 0 radical (unpaired) electrons. The van der Waals surface area contributed by atoms with Gasteiger partial charge in [0.25, 0.3) is 0 Å². The molecule has 0 aromatic heterocycles. The van der Waals surface area contributed by atoms with Crippen molar-refractivity contribution in [2.75, 3.05) is 31.7 Å². The normalized spacial score (nSPS) is 11.5. The summed E-state index contributed by atoms with van der Waals surface area (Å²) in [7, 11) is -2.28. The topological polar surface area (TPSA) is 116 Å². The first-order chi connectivity index (χ1) is 8.83. The van der Waals surface area contributed by atoms with Gasteiger partial charge in [-0.1, -0.05) is 12.1 Å². The van der Waals surface area contributed by atoms with Crippen LogP contribution in [0.2, 0.25) is 0 Å². The van der Waals surface area contributed by atoms with Crippen LogP contribution in [-0.2, 0) is 14.8 Å². The van der Waals surface area contributed by atoms with Gasteiger partial charge in [0.15, 0.2) is 0 Å². The lowest BCUT2D eigenvalue weighted by molar-refractivity contribution is -0.118. The molecule has 0 aliphatic rings. The van der Waals surface area contributed by atoms with E-state index in [-0.39, 0.29) is 18.9 Å². The molecule has 8 heteroatoms. The maximum absolute atomic E-state index is 11.7. The minimum Gasteiger partial charge on any atom is -0.490 e. The van der Waals surface area contributed by atoms with E-state index in [4.69, 9.17) is 16.2 Å². The van der Waals surface area contributed by atoms with Crippen molar-refractivity contribution in [3.05, 3.63) is 24.3 Å². The summed E-state index contributed by atoms with van der Waals surface area (Å²) < 4.78 is 29.7. The molecule has 106 valence electrons. The molecule has 0 bridgehead atoms. The Morgan fingerprint density at radius 3 is 2.58 bits per heavy atom. The van der Waals surface area contributed by atoms with Crippen molar-refractivity contribution >= 4 is 21.6 Å². The number of carbonyl (C=O) groups is 1. The van der Waals surface area contributed by atoms with Crippen LogP contribution in [0.3, 0.4) is 0 Å². The van der Waals surface area contributed by atoms with Gasteiger partial charge in [-0.05, 0) is 12.1 Å². The smallest absolute Gasteiger partial charge is 0.232 e. The van der Waals surface area contributed by atoms with Crippen LogP contribution in [0.5, 0.6) is 5.75 Å². The second-order valence-corrected chi connectivity index (χ2v) is 6.12. The highest BCUT2D eigenvalue weighted by atomic mass is 32.2. The van der Waals surface area contributed by atoms with Gasteiger partial charge in [-0.2, -0.15) is 4.31 Å². The highest BCUT2D eigenvalue weighted by Crippen LogP contribution is 2.19. The van der Waals surface area contributed by atoms with Gasteiger partial charge in [-0.15, -0.1) is 0 Å². The van der Waals surface area contributed by atoms with E-state index < -0.39 is 15.9 Å². The lowest BCUT2D eigenvalue weighted by Crippen LogP contribution is -2.37. The summed E-state index contributed by atoms with van der Waals surface area (Å²) in [5.74, 6) is -0.542. The van der Waals surface area contributed by atoms with Gasteiger partial charge in [0.2, 0.25) is 15.9 Å². The number of amides is 1. The Hall–Kier alpha value is -1.80. The van der Waals surface area contributed by atoms with Gasteiger partial charge in [0.05, 0.1) is 18.0 Å². The molecule has 0 saturated carbocycles. The number of carbonyl (C=O) groups excluding carboxylic acids is 1. The highest BCUT2D eigenvalue weighted by molar-refractivity contribution is 7.89. The van der Waals surface area contributed by atoms with Crippen molar-refractivity contribution in [3.63, 3.8) is 0 Å². The van der Waals surface area contributed by atoms with Crippen LogP contribution in [-0.4, -0.2) is 44.6 Å². The van der Waals surface area contributed by atoms with E-state index in [2.05, 4.69) is 0 Å². The molecule has 0 spiro atoms. The summed E-state index contributed by atoms with van der Waals surface area (Å²) >= 11 is 0. The van der Waals surface area contributed by atoms with E-state index in [1.807, 2.05) is 0 Å². The van der Waals surface area contributed by atoms with Crippen LogP contribution in [0.15, 0.2) is 24.3 Å². The summed E-state index contributed by atoms with van der Waals surface area (Å²) in [4.78, 5) is 10.7. The molecule has 0 aliphatic carbocycles. The third kappa shape index (κ3) is 4.76. The number of likely N-dealkylation sites (N-methyl/N-ethyl adjacent to an activating group) is 1. The van der Waals surface area contributed by atoms with E-state index in [0.29, 0.717) is 11.4 Å². The number of nitrogens with zero attached hydrogens (tertiary/aromatic N) is 1. The number of para-hydroxylation sites is 2. The molecule has 19 heavy (non-hydrogen) atoms. The SMILES string of the molecule is CN(CC(N)=O)S(=O)(=O)CCOc1ccccc1N. The number of hydrogen-bond donors (Lipinski definition) is 2. The molecule has 1 rings (SSSR count). The Morgan fingerprint density at radius 2 is 2.00 bits per heavy atom. The highest BCUT2D eigenvalue weighted by Gasteiger charge is 2.19. The van der Waals surface area contributed by atoms with Gasteiger partial charge in [-0.25, -0.2) is 8.42 Å². The summed E-state index contributed by atoms with van der Waals surface area (Å²) in [6.45, 7) is -0.407. The Balaban J connectivity index is 2.53. The minimum atomic E-state index is -3.57. The quantitative estimate of drug-likeness (QED) is 0.649. The summed E-state index contributed by atoms with van der Waals surface area (Å²) in [6, 6.07) is 6.79. The van der Waals surface area contributed by atoms with Gasteiger partial charge < -0.3 is 16.2 Å². The van der Waals surface area contributed by atoms with E-state index in [1.165, 1.54) is 7.05 Å². The predicted octanol–water partition coefficient (Wildman–Crippen LogP) is -0.605. The number of benzene rings is 1. The summed E-state index contributed by atoms with van der Waals surface area (Å²) in [5, 5.41) is 0. The number of ether oxygens (including phenoxy) is 1. The van der Waals surface area contributed by atoms with Crippen molar-refractivity contribution < 1.29 is 17.9 Å². The zero-order valence-electron chi connectivity index (χ0n) is 10.6. The van der Waals surface area contributed by atoms with E-state index in [9.17, 15) is 13.2 Å². The maximum Gasteiger partial charge on any atom is 0.232 e. The number of anilines is 1. The van der Waals surface area contributed by atoms with Crippen molar-refractivity contribution in [3.8, 4) is 5.75 Å². The zero-order valence-corrected chi connectivity index (χ0v) is 11.4. The first kappa shape index (κ1) is 15.3. The molecule has 7 nitrogen and oxygen atoms in total. The molecule has 0 unspecified atom stereocenters. The molecular weight excluding hydrogens is 270 g/mol. The molecule has 0 fully saturated rings.